The van der Waals surface area contributed by atoms with E-state index in [-0.39, 0.29) is 21.4 Å². The molecule has 0 aromatic heterocycles. The van der Waals surface area contributed by atoms with Gasteiger partial charge in [0.2, 0.25) is 10.0 Å². The maximum absolute atomic E-state index is 13.2. The molecule has 0 spiro atoms. The number of carbonyl (C=O) groups is 1. The topological polar surface area (TPSA) is 75.3 Å². The number of halogens is 2. The Hall–Kier alpha value is -1.96. The molecule has 0 aliphatic heterocycles. The molecule has 2 N–H and O–H groups in total. The van der Waals surface area contributed by atoms with Crippen molar-refractivity contribution in [3.8, 4) is 0 Å². The number of rotatable bonds is 6. The monoisotopic (exact) mass is 384 g/mol. The fourth-order valence-corrected chi connectivity index (χ4v) is 3.38. The number of sulfonamides is 1. The molecule has 25 heavy (non-hydrogen) atoms. The van der Waals surface area contributed by atoms with Crippen LogP contribution in [0.15, 0.2) is 47.4 Å². The zero-order valence-electron chi connectivity index (χ0n) is 13.7. The Bertz CT molecular complexity index is 885. The Morgan fingerprint density at radius 1 is 1.20 bits per heavy atom. The van der Waals surface area contributed by atoms with Crippen molar-refractivity contribution in [1.29, 1.82) is 0 Å². The van der Waals surface area contributed by atoms with Crippen molar-refractivity contribution in [2.24, 2.45) is 5.92 Å². The second-order valence-electron chi connectivity index (χ2n) is 5.86. The van der Waals surface area contributed by atoms with E-state index in [1.165, 1.54) is 36.4 Å². The maximum Gasteiger partial charge on any atom is 0.255 e. The highest BCUT2D eigenvalue weighted by atomic mass is 35.5. The van der Waals surface area contributed by atoms with Crippen LogP contribution in [-0.4, -0.2) is 20.9 Å². The average Bonchev–Trinajstić information content (AvgIpc) is 2.56. The van der Waals surface area contributed by atoms with Crippen molar-refractivity contribution in [3.63, 3.8) is 0 Å². The highest BCUT2D eigenvalue weighted by molar-refractivity contribution is 7.89. The normalized spacial score (nSPS) is 11.6. The van der Waals surface area contributed by atoms with Crippen LogP contribution in [-0.2, 0) is 10.0 Å². The van der Waals surface area contributed by atoms with Crippen molar-refractivity contribution in [2.45, 2.75) is 18.7 Å². The lowest BCUT2D eigenvalue weighted by Crippen LogP contribution is -2.27. The Labute approximate surface area is 151 Å². The van der Waals surface area contributed by atoms with E-state index in [2.05, 4.69) is 10.0 Å². The minimum atomic E-state index is -3.70. The summed E-state index contributed by atoms with van der Waals surface area (Å²) >= 11 is 5.67. The van der Waals surface area contributed by atoms with E-state index in [0.717, 1.165) is 6.07 Å². The number of nitrogens with one attached hydrogen (secondary N) is 2. The number of hydrogen-bond donors (Lipinski definition) is 2. The number of anilines is 1. The summed E-state index contributed by atoms with van der Waals surface area (Å²) in [6, 6.07) is 9.44. The van der Waals surface area contributed by atoms with Gasteiger partial charge in [0.05, 0.1) is 9.92 Å². The van der Waals surface area contributed by atoms with Gasteiger partial charge in [0.15, 0.2) is 0 Å². The van der Waals surface area contributed by atoms with Gasteiger partial charge in [-0.1, -0.05) is 31.5 Å². The number of benzene rings is 2. The van der Waals surface area contributed by atoms with Crippen LogP contribution in [0.2, 0.25) is 5.02 Å². The Balaban J connectivity index is 2.19. The molecule has 0 saturated heterocycles. The number of amides is 1. The number of hydrogen-bond acceptors (Lipinski definition) is 3. The third-order valence-electron chi connectivity index (χ3n) is 3.27. The maximum atomic E-state index is 13.2. The molecule has 0 saturated carbocycles. The van der Waals surface area contributed by atoms with Crippen LogP contribution >= 0.6 is 11.6 Å². The fourth-order valence-electron chi connectivity index (χ4n) is 1.94. The summed E-state index contributed by atoms with van der Waals surface area (Å²) in [6.45, 7) is 4.08. The van der Waals surface area contributed by atoms with E-state index in [4.69, 9.17) is 11.6 Å². The van der Waals surface area contributed by atoms with Crippen molar-refractivity contribution in [2.75, 3.05) is 11.9 Å². The van der Waals surface area contributed by atoms with Crippen LogP contribution < -0.4 is 10.0 Å². The molecular weight excluding hydrogens is 367 g/mol. The van der Waals surface area contributed by atoms with E-state index < -0.39 is 21.7 Å². The molecular formula is C17H18ClFN2O3S. The minimum absolute atomic E-state index is 0.00191. The van der Waals surface area contributed by atoms with E-state index in [9.17, 15) is 17.6 Å². The first-order chi connectivity index (χ1) is 11.7. The first kappa shape index (κ1) is 19.4. The van der Waals surface area contributed by atoms with E-state index >= 15 is 0 Å². The molecule has 134 valence electrons. The molecule has 0 fully saturated rings. The molecule has 0 aliphatic carbocycles. The summed E-state index contributed by atoms with van der Waals surface area (Å²) in [4.78, 5) is 12.3. The standard InChI is InChI=1S/C17H18ClFN2O3S/c1-11(2)10-20-25(23,24)14-5-3-4-12(8-14)17(22)21-13-6-7-16(19)15(18)9-13/h3-9,11,20H,10H2,1-2H3,(H,21,22). The summed E-state index contributed by atoms with van der Waals surface area (Å²) < 4.78 is 40.1. The molecule has 2 rings (SSSR count). The van der Waals surface area contributed by atoms with Gasteiger partial charge in [-0.3, -0.25) is 4.79 Å². The van der Waals surface area contributed by atoms with Crippen LogP contribution in [0.3, 0.4) is 0 Å². The van der Waals surface area contributed by atoms with Crippen LogP contribution in [0.4, 0.5) is 10.1 Å². The molecule has 0 radical (unpaired) electrons. The largest absolute Gasteiger partial charge is 0.322 e. The first-order valence-electron chi connectivity index (χ1n) is 7.55. The Morgan fingerprint density at radius 2 is 1.92 bits per heavy atom. The quantitative estimate of drug-likeness (QED) is 0.797. The van der Waals surface area contributed by atoms with E-state index in [0.29, 0.717) is 12.2 Å². The summed E-state index contributed by atoms with van der Waals surface area (Å²) in [6.07, 6.45) is 0. The van der Waals surface area contributed by atoms with Crippen LogP contribution in [0.5, 0.6) is 0 Å². The lowest BCUT2D eigenvalue weighted by molar-refractivity contribution is 0.102. The molecule has 1 amide bonds. The van der Waals surface area contributed by atoms with Gasteiger partial charge in [-0.25, -0.2) is 17.5 Å². The second kappa shape index (κ2) is 7.95. The van der Waals surface area contributed by atoms with Crippen LogP contribution in [0.1, 0.15) is 24.2 Å². The van der Waals surface area contributed by atoms with Gasteiger partial charge in [0.25, 0.3) is 5.91 Å². The van der Waals surface area contributed by atoms with E-state index in [1.54, 1.807) is 0 Å². The highest BCUT2D eigenvalue weighted by Crippen LogP contribution is 2.20. The minimum Gasteiger partial charge on any atom is -0.322 e. The predicted octanol–water partition coefficient (Wildman–Crippen LogP) is 3.67. The summed E-state index contributed by atoms with van der Waals surface area (Å²) in [5.74, 6) is -0.961. The Kier molecular flexibility index (Phi) is 6.16. The van der Waals surface area contributed by atoms with Crippen molar-refractivity contribution < 1.29 is 17.6 Å². The Morgan fingerprint density at radius 3 is 2.56 bits per heavy atom. The summed E-state index contributed by atoms with van der Waals surface area (Å²) in [7, 11) is -3.70. The van der Waals surface area contributed by atoms with Crippen molar-refractivity contribution in [1.82, 2.24) is 4.72 Å². The third kappa shape index (κ3) is 5.26. The molecule has 0 heterocycles. The van der Waals surface area contributed by atoms with Gasteiger partial charge >= 0.3 is 0 Å². The van der Waals surface area contributed by atoms with Crippen LogP contribution in [0.25, 0.3) is 0 Å². The van der Waals surface area contributed by atoms with Crippen molar-refractivity contribution >= 4 is 33.2 Å². The third-order valence-corrected chi connectivity index (χ3v) is 4.98. The molecule has 8 heteroatoms. The fraction of sp³-hybridized carbons (Fsp3) is 0.235. The van der Waals surface area contributed by atoms with Gasteiger partial charge in [0.1, 0.15) is 5.82 Å². The SMILES string of the molecule is CC(C)CNS(=O)(=O)c1cccc(C(=O)Nc2ccc(F)c(Cl)c2)c1. The van der Waals surface area contributed by atoms with Gasteiger partial charge in [-0.2, -0.15) is 0 Å². The summed E-state index contributed by atoms with van der Waals surface area (Å²) in [5, 5.41) is 2.43. The zero-order chi connectivity index (χ0) is 18.6. The smallest absolute Gasteiger partial charge is 0.255 e. The highest BCUT2D eigenvalue weighted by Gasteiger charge is 2.16. The molecule has 0 aliphatic rings. The van der Waals surface area contributed by atoms with E-state index in [1.807, 2.05) is 13.8 Å². The van der Waals surface area contributed by atoms with Gasteiger partial charge in [-0.15, -0.1) is 0 Å². The lowest BCUT2D eigenvalue weighted by Gasteiger charge is -2.10. The van der Waals surface area contributed by atoms with Gasteiger partial charge < -0.3 is 5.32 Å². The predicted molar refractivity (Wildman–Crippen MR) is 95.8 cm³/mol. The average molecular weight is 385 g/mol. The summed E-state index contributed by atoms with van der Waals surface area (Å²) in [5.41, 5.74) is 0.468. The molecule has 5 nitrogen and oxygen atoms in total. The van der Waals surface area contributed by atoms with Crippen LogP contribution in [0, 0.1) is 11.7 Å². The molecule has 2 aromatic carbocycles. The lowest BCUT2D eigenvalue weighted by atomic mass is 10.2. The van der Waals surface area contributed by atoms with Gasteiger partial charge in [-0.05, 0) is 42.3 Å². The molecule has 2 aromatic rings. The molecule has 0 atom stereocenters. The zero-order valence-corrected chi connectivity index (χ0v) is 15.3. The molecule has 0 bridgehead atoms. The number of carbonyl (C=O) groups excluding carboxylic acids is 1. The van der Waals surface area contributed by atoms with Crippen molar-refractivity contribution in [3.05, 3.63) is 58.9 Å². The second-order valence-corrected chi connectivity index (χ2v) is 8.03. The first-order valence-corrected chi connectivity index (χ1v) is 9.41. The molecule has 0 unspecified atom stereocenters. The van der Waals surface area contributed by atoms with Gasteiger partial charge in [0, 0.05) is 17.8 Å².